The number of ether oxygens (including phenoxy) is 9. The summed E-state index contributed by atoms with van der Waals surface area (Å²) in [5, 5.41) is 66.4. The Labute approximate surface area is 649 Å². The van der Waals surface area contributed by atoms with E-state index in [1.165, 1.54) is 0 Å². The number of ketones is 2. The van der Waals surface area contributed by atoms with Crippen molar-refractivity contribution < 1.29 is 108 Å². The Kier molecular flexibility index (Phi) is 24.0. The minimum Gasteiger partial charge on any atom is -0.460 e. The van der Waals surface area contributed by atoms with Gasteiger partial charge in [0.25, 0.3) is 0 Å². The number of alkyl carbamates (subject to hydrolysis) is 2. The van der Waals surface area contributed by atoms with Gasteiger partial charge in [-0.05, 0) is 132 Å². The van der Waals surface area contributed by atoms with Crippen molar-refractivity contribution in [1.82, 2.24) is 10.6 Å². The Morgan fingerprint density at radius 1 is 0.578 bits per heavy atom. The lowest BCUT2D eigenvalue weighted by Crippen LogP contribution is -2.75. The van der Waals surface area contributed by atoms with Gasteiger partial charge >= 0.3 is 36.1 Å². The standard InChI is InChI=1S/C47H59Cl2NO12.C36H51NO10.H2/c1-26-30(59-41(54)38(57-24-28-16-12-10-13-17-28)36(29-18-14-11-15-19-29)50-42(55)62-43(3,4)5)21-47(56)27(2)39-45(8)25-58-31(45)20-32(60-33(51)22-48)46(39,9)40(53)37(61-34(52)23-49)35(26)44(47,6)7;1-18-21(46-30(42)27(40)25(20-13-11-10-12-14-20)37-31(43)47-32(3,4)5)16-36(44)19(2)28-34(8)17-45-23(34)15-22(38)35(28,9)29(41)26(39)24(18)33(36,6)7;/h10-19,27,30-32,36-39,56H,20-25H2,1-9H3,(H,50,55);10-14,19,21-23,25-28,38-40,44H,15-17H2,1-9H3,(H,37,43);1H/t27-,30-,31+,32-,36-,37+,38+,39?,45+,46+,47+;19-,21-,22-,23+,25-,26+,27+,28?,34+,35+,36+;/m00./s1/i;;1+1. The predicted octanol–water partition coefficient (Wildman–Crippen LogP) is 10.8. The van der Waals surface area contributed by atoms with Crippen LogP contribution in [0.5, 0.6) is 0 Å². The summed E-state index contributed by atoms with van der Waals surface area (Å²) in [5.41, 5.74) is -8.76. The molecule has 24 nitrogen and oxygen atoms in total. The normalized spacial score (nSPS) is 35.3. The summed E-state index contributed by atoms with van der Waals surface area (Å²) in [6, 6.07) is 24.1. The van der Waals surface area contributed by atoms with Crippen LogP contribution in [0, 0.1) is 56.2 Å². The molecule has 4 bridgehead atoms. The molecule has 109 heavy (non-hydrogen) atoms. The number of hydrogen-bond donors (Lipinski definition) is 7. The van der Waals surface area contributed by atoms with Gasteiger partial charge in [0.15, 0.2) is 29.9 Å². The minimum atomic E-state index is -1.87. The van der Waals surface area contributed by atoms with Crippen molar-refractivity contribution in [3.8, 4) is 0 Å². The number of carbonyl (C=O) groups is 8. The molecular weight excluding hydrogens is 1450 g/mol. The molecule has 26 heteroatoms. The van der Waals surface area contributed by atoms with Crippen LogP contribution in [-0.4, -0.2) is 182 Å². The molecule has 3 aromatic rings. The van der Waals surface area contributed by atoms with Crippen LogP contribution in [0.4, 0.5) is 9.59 Å². The lowest BCUT2D eigenvalue weighted by atomic mass is 9.40. The van der Waals surface area contributed by atoms with Crippen LogP contribution in [0.15, 0.2) is 113 Å². The van der Waals surface area contributed by atoms with Crippen LogP contribution in [0.3, 0.4) is 0 Å². The van der Waals surface area contributed by atoms with Crippen LogP contribution < -0.4 is 10.6 Å². The summed E-state index contributed by atoms with van der Waals surface area (Å²) in [5.74, 6) is -8.39. The van der Waals surface area contributed by atoms with Gasteiger partial charge in [-0.3, -0.25) is 19.2 Å². The van der Waals surface area contributed by atoms with Gasteiger partial charge in [-0.25, -0.2) is 19.2 Å². The third-order valence-corrected chi connectivity index (χ3v) is 26.2. The molecule has 8 aliphatic rings. The Hall–Kier alpha value is -6.84. The SMILES string of the molecule is CC1=C2[C@@H](O)C(=O)[C@@]3(C)C([C@H](C)[C@](O)(C[C@@H]1OC(=O)[C@H](O)[C@@H](NC(=O)OC(C)(C)C)c1ccccc1)C2(C)C)[C@]1(C)CO[C@@H]1C[C@@H]3O.CC1=C2[C@@H](OC(=O)CCl)C(=O)[C@@]3(C)C([C@H](C)[C@](O)(C[C@@H]1OC(=O)[C@H](OCc1ccccc1)[C@@H](NC(=O)OC(C)(C)C)c1ccccc1)C2(C)C)[C@]1(C)CO[C@@H]1C[C@@H]3OC(=O)CCl.[2HH]. The van der Waals surface area contributed by atoms with Crippen molar-refractivity contribution in [2.75, 3.05) is 25.0 Å². The summed E-state index contributed by atoms with van der Waals surface area (Å²) in [7, 11) is 0. The molecule has 2 saturated heterocycles. The number of alkyl halides is 2. The molecule has 2 aliphatic heterocycles. The molecular formula is C83H112Cl2N2O22. The molecule has 2 amide bonds. The largest absolute Gasteiger partial charge is 0.460 e. The quantitative estimate of drug-likeness (QED) is 0.0286. The van der Waals surface area contributed by atoms with Gasteiger partial charge in [0.2, 0.25) is 0 Å². The van der Waals surface area contributed by atoms with Gasteiger partial charge in [-0.15, -0.1) is 23.2 Å². The smallest absolute Gasteiger partial charge is 0.408 e. The number of halogens is 2. The Bertz CT molecular complexity index is 4020. The summed E-state index contributed by atoms with van der Waals surface area (Å²) < 4.78 is 53.7. The molecule has 6 aliphatic carbocycles. The average molecular weight is 1560 g/mol. The first kappa shape index (κ1) is 84.6. The number of esters is 4. The zero-order valence-corrected chi connectivity index (χ0v) is 67.2. The second-order valence-electron chi connectivity index (χ2n) is 35.2. The fourth-order valence-electron chi connectivity index (χ4n) is 20.2. The summed E-state index contributed by atoms with van der Waals surface area (Å²) >= 11 is 12.0. The summed E-state index contributed by atoms with van der Waals surface area (Å²) in [6.07, 6.45) is -13.3. The number of aliphatic hydroxyl groups excluding tert-OH is 3. The second kappa shape index (κ2) is 30.9. The Balaban J connectivity index is 0.000000260. The van der Waals surface area contributed by atoms with E-state index in [9.17, 15) is 59.1 Å². The maximum absolute atomic E-state index is 15.6. The van der Waals surface area contributed by atoms with Crippen LogP contribution >= 0.6 is 23.2 Å². The highest BCUT2D eigenvalue weighted by atomic mass is 35.5. The fraction of sp³-hybridized carbons (Fsp3) is 0.639. The number of rotatable bonds is 17. The van der Waals surface area contributed by atoms with Crippen LogP contribution in [0.2, 0.25) is 0 Å². The Morgan fingerprint density at radius 2 is 1.00 bits per heavy atom. The molecule has 7 N–H and O–H groups in total. The minimum absolute atomic E-state index is 0. The number of hydrogen-bond acceptors (Lipinski definition) is 22. The number of fused-ring (bicyclic) bond motifs is 10. The van der Waals surface area contributed by atoms with Crippen molar-refractivity contribution in [3.63, 3.8) is 0 Å². The molecule has 4 saturated carbocycles. The van der Waals surface area contributed by atoms with E-state index in [1.807, 2.05) is 58.0 Å². The first-order chi connectivity index (χ1) is 50.6. The second-order valence-corrected chi connectivity index (χ2v) is 35.8. The maximum atomic E-state index is 15.6. The van der Waals surface area contributed by atoms with Crippen molar-refractivity contribution in [3.05, 3.63) is 130 Å². The molecule has 0 radical (unpaired) electrons. The number of benzene rings is 3. The highest BCUT2D eigenvalue weighted by Gasteiger charge is 2.76. The third kappa shape index (κ3) is 15.2. The molecule has 2 heterocycles. The van der Waals surface area contributed by atoms with Crippen molar-refractivity contribution >= 4 is 70.8 Å². The van der Waals surface area contributed by atoms with E-state index < -0.39 is 205 Å². The van der Waals surface area contributed by atoms with E-state index in [1.54, 1.807) is 158 Å². The van der Waals surface area contributed by atoms with Crippen molar-refractivity contribution in [2.45, 2.75) is 252 Å². The number of amides is 2. The van der Waals surface area contributed by atoms with Crippen LogP contribution in [-0.2, 0) is 78.0 Å². The molecule has 3 aromatic carbocycles. The highest BCUT2D eigenvalue weighted by molar-refractivity contribution is 6.27. The molecule has 22 atom stereocenters. The molecule has 11 rings (SSSR count). The number of nitrogens with one attached hydrogen (secondary N) is 2. The van der Waals surface area contributed by atoms with Gasteiger partial charge in [0.1, 0.15) is 47.4 Å². The van der Waals surface area contributed by atoms with Crippen LogP contribution in [0.1, 0.15) is 181 Å². The van der Waals surface area contributed by atoms with Crippen molar-refractivity contribution in [2.24, 2.45) is 56.2 Å². The monoisotopic (exact) mass is 1560 g/mol. The predicted molar refractivity (Wildman–Crippen MR) is 402 cm³/mol. The fourth-order valence-corrected chi connectivity index (χ4v) is 20.3. The molecule has 600 valence electrons. The van der Waals surface area contributed by atoms with E-state index in [2.05, 4.69) is 10.6 Å². The van der Waals surface area contributed by atoms with E-state index in [0.717, 1.165) is 5.56 Å². The van der Waals surface area contributed by atoms with Gasteiger partial charge in [0.05, 0.1) is 72.2 Å². The number of carbonyl (C=O) groups excluding carboxylic acids is 8. The van der Waals surface area contributed by atoms with E-state index in [-0.39, 0.29) is 57.6 Å². The zero-order chi connectivity index (χ0) is 80.6. The van der Waals surface area contributed by atoms with Gasteiger partial charge < -0.3 is 78.8 Å². The Morgan fingerprint density at radius 3 is 1.47 bits per heavy atom. The van der Waals surface area contributed by atoms with Gasteiger partial charge in [-0.2, -0.15) is 0 Å². The van der Waals surface area contributed by atoms with E-state index >= 15 is 4.79 Å². The topological polar surface area (TPSA) is 345 Å². The lowest BCUT2D eigenvalue weighted by Gasteiger charge is -2.68. The first-order valence-electron chi connectivity index (χ1n) is 37.5. The average Bonchev–Trinajstić information content (AvgIpc) is 0.678. The first-order valence-corrected chi connectivity index (χ1v) is 38.6. The third-order valence-electron chi connectivity index (χ3n) is 25.8. The van der Waals surface area contributed by atoms with Crippen LogP contribution in [0.25, 0.3) is 0 Å². The van der Waals surface area contributed by atoms with Gasteiger partial charge in [-0.1, -0.05) is 146 Å². The lowest BCUT2D eigenvalue weighted by molar-refractivity contribution is -0.303. The van der Waals surface area contributed by atoms with E-state index in [4.69, 9.17) is 65.8 Å². The van der Waals surface area contributed by atoms with E-state index in [0.29, 0.717) is 28.9 Å². The summed E-state index contributed by atoms with van der Waals surface area (Å²) in [4.78, 5) is 111. The molecule has 6 fully saturated rings. The summed E-state index contributed by atoms with van der Waals surface area (Å²) in [6.45, 7) is 32.3. The highest BCUT2D eigenvalue weighted by Crippen LogP contribution is 2.70. The zero-order valence-electron chi connectivity index (χ0n) is 65.7. The molecule has 0 aromatic heterocycles. The number of aliphatic hydroxyl groups is 5. The van der Waals surface area contributed by atoms with Crippen molar-refractivity contribution in [1.29, 1.82) is 0 Å². The molecule has 2 unspecified atom stereocenters. The molecule has 0 spiro atoms. The maximum Gasteiger partial charge on any atom is 0.408 e. The number of Topliss-reactive ketones (excluding diaryl/α,β-unsaturated/α-hetero) is 2. The van der Waals surface area contributed by atoms with Gasteiger partial charge in [0, 0.05) is 48.8 Å².